The first-order chi connectivity index (χ1) is 9.06. The van der Waals surface area contributed by atoms with Crippen LogP contribution in [-0.4, -0.2) is 50.3 Å². The van der Waals surface area contributed by atoms with Gasteiger partial charge in [0.25, 0.3) is 0 Å². The van der Waals surface area contributed by atoms with Crippen molar-refractivity contribution in [1.29, 1.82) is 0 Å². The van der Waals surface area contributed by atoms with Crippen LogP contribution in [-0.2, 0) is 4.74 Å². The molecular weight excluding hydrogens is 236 g/mol. The van der Waals surface area contributed by atoms with Crippen molar-refractivity contribution in [1.82, 2.24) is 10.2 Å². The Morgan fingerprint density at radius 3 is 2.74 bits per heavy atom. The summed E-state index contributed by atoms with van der Waals surface area (Å²) in [7, 11) is 1.85. The van der Waals surface area contributed by atoms with E-state index in [1.54, 1.807) is 0 Å². The van der Waals surface area contributed by atoms with Gasteiger partial charge in [-0.25, -0.2) is 0 Å². The summed E-state index contributed by atoms with van der Waals surface area (Å²) in [5.74, 6) is 0.764. The minimum absolute atomic E-state index is 0.0943. The summed E-state index contributed by atoms with van der Waals surface area (Å²) in [6.45, 7) is 12.7. The first-order valence-corrected chi connectivity index (χ1v) is 8.04. The van der Waals surface area contributed by atoms with Crippen LogP contribution in [0.3, 0.4) is 0 Å². The van der Waals surface area contributed by atoms with E-state index in [-0.39, 0.29) is 5.60 Å². The molecule has 114 valence electrons. The van der Waals surface area contributed by atoms with Gasteiger partial charge in [0.05, 0.1) is 5.60 Å². The van der Waals surface area contributed by atoms with Crippen molar-refractivity contribution in [3.63, 3.8) is 0 Å². The molecule has 1 heterocycles. The van der Waals surface area contributed by atoms with E-state index in [0.29, 0.717) is 0 Å². The number of unbranched alkanes of at least 4 members (excludes halogenated alkanes) is 2. The van der Waals surface area contributed by atoms with E-state index in [0.717, 1.165) is 19.0 Å². The lowest BCUT2D eigenvalue weighted by Gasteiger charge is -2.39. The first kappa shape index (κ1) is 16.9. The highest BCUT2D eigenvalue weighted by molar-refractivity contribution is 4.84. The average molecular weight is 270 g/mol. The van der Waals surface area contributed by atoms with E-state index >= 15 is 0 Å². The van der Waals surface area contributed by atoms with Crippen molar-refractivity contribution in [2.45, 2.75) is 58.5 Å². The van der Waals surface area contributed by atoms with Gasteiger partial charge in [0.15, 0.2) is 0 Å². The molecule has 1 saturated heterocycles. The molecule has 1 fully saturated rings. The van der Waals surface area contributed by atoms with Gasteiger partial charge in [0, 0.05) is 13.7 Å². The Morgan fingerprint density at radius 1 is 1.26 bits per heavy atom. The average Bonchev–Trinajstić information content (AvgIpc) is 2.37. The number of piperidine rings is 1. The summed E-state index contributed by atoms with van der Waals surface area (Å²) in [6.07, 6.45) is 6.45. The van der Waals surface area contributed by atoms with Crippen molar-refractivity contribution >= 4 is 0 Å². The molecule has 1 aliphatic heterocycles. The second-order valence-electron chi connectivity index (χ2n) is 6.69. The fraction of sp³-hybridized carbons (Fsp3) is 1.00. The predicted octanol–water partition coefficient (Wildman–Crippen LogP) is 2.90. The second kappa shape index (κ2) is 8.93. The fourth-order valence-electron chi connectivity index (χ4n) is 2.82. The van der Waals surface area contributed by atoms with E-state index in [1.807, 2.05) is 7.11 Å². The summed E-state index contributed by atoms with van der Waals surface area (Å²) in [6, 6.07) is 0. The van der Waals surface area contributed by atoms with Gasteiger partial charge in [-0.05, 0) is 64.7 Å². The maximum atomic E-state index is 5.64. The zero-order chi connectivity index (χ0) is 14.1. The molecule has 0 radical (unpaired) electrons. The summed E-state index contributed by atoms with van der Waals surface area (Å²) in [4.78, 5) is 2.58. The Morgan fingerprint density at radius 2 is 2.05 bits per heavy atom. The van der Waals surface area contributed by atoms with Crippen molar-refractivity contribution in [2.24, 2.45) is 5.92 Å². The number of hydrogen-bond acceptors (Lipinski definition) is 3. The highest BCUT2D eigenvalue weighted by atomic mass is 16.5. The molecule has 0 bridgehead atoms. The Bertz CT molecular complexity index is 233. The van der Waals surface area contributed by atoms with E-state index in [2.05, 4.69) is 31.0 Å². The van der Waals surface area contributed by atoms with Crippen molar-refractivity contribution in [3.05, 3.63) is 0 Å². The lowest BCUT2D eigenvalue weighted by molar-refractivity contribution is -0.0508. The smallest absolute Gasteiger partial charge is 0.0777 e. The quantitative estimate of drug-likeness (QED) is 0.652. The predicted molar refractivity (Wildman–Crippen MR) is 82.6 cm³/mol. The van der Waals surface area contributed by atoms with Crippen LogP contribution < -0.4 is 5.32 Å². The molecule has 0 saturated carbocycles. The van der Waals surface area contributed by atoms with Gasteiger partial charge in [-0.3, -0.25) is 0 Å². The molecule has 0 aromatic rings. The van der Waals surface area contributed by atoms with Gasteiger partial charge >= 0.3 is 0 Å². The highest BCUT2D eigenvalue weighted by Crippen LogP contribution is 2.23. The van der Waals surface area contributed by atoms with E-state index in [9.17, 15) is 0 Å². The molecule has 0 aromatic carbocycles. The maximum Gasteiger partial charge on any atom is 0.0777 e. The summed E-state index contributed by atoms with van der Waals surface area (Å²) in [5.41, 5.74) is 0.0943. The highest BCUT2D eigenvalue weighted by Gasteiger charge is 2.30. The zero-order valence-electron chi connectivity index (χ0n) is 13.5. The Kier molecular flexibility index (Phi) is 7.96. The summed E-state index contributed by atoms with van der Waals surface area (Å²) >= 11 is 0. The molecule has 0 spiro atoms. The number of hydrogen-bond donors (Lipinski definition) is 1. The van der Waals surface area contributed by atoms with Gasteiger partial charge in [-0.2, -0.15) is 0 Å². The lowest BCUT2D eigenvalue weighted by atomic mass is 9.94. The van der Waals surface area contributed by atoms with Crippen LogP contribution in [0.25, 0.3) is 0 Å². The number of nitrogens with zero attached hydrogens (tertiary/aromatic N) is 1. The SMILES string of the molecule is COC1(C)CCCN(CCCCCNCC(C)C)C1. The van der Waals surface area contributed by atoms with Crippen molar-refractivity contribution in [2.75, 3.05) is 39.8 Å². The number of likely N-dealkylation sites (tertiary alicyclic amines) is 1. The summed E-state index contributed by atoms with van der Waals surface area (Å²) < 4.78 is 5.64. The Labute approximate surface area is 120 Å². The van der Waals surface area contributed by atoms with Crippen molar-refractivity contribution in [3.8, 4) is 0 Å². The molecule has 0 aromatic heterocycles. The van der Waals surface area contributed by atoms with Crippen LogP contribution in [0.15, 0.2) is 0 Å². The van der Waals surface area contributed by atoms with Gasteiger partial charge in [0.2, 0.25) is 0 Å². The van der Waals surface area contributed by atoms with Crippen LogP contribution >= 0.6 is 0 Å². The van der Waals surface area contributed by atoms with Gasteiger partial charge in [-0.1, -0.05) is 20.3 Å². The molecule has 1 N–H and O–H groups in total. The van der Waals surface area contributed by atoms with E-state index in [1.165, 1.54) is 51.7 Å². The molecule has 1 aliphatic rings. The molecule has 1 atom stereocenters. The number of methoxy groups -OCH3 is 1. The molecule has 0 amide bonds. The molecule has 1 rings (SSSR count). The van der Waals surface area contributed by atoms with Gasteiger partial charge < -0.3 is 15.0 Å². The Hall–Kier alpha value is -0.120. The minimum Gasteiger partial charge on any atom is -0.377 e. The van der Waals surface area contributed by atoms with E-state index < -0.39 is 0 Å². The second-order valence-corrected chi connectivity index (χ2v) is 6.69. The van der Waals surface area contributed by atoms with Crippen LogP contribution in [0.5, 0.6) is 0 Å². The largest absolute Gasteiger partial charge is 0.377 e. The first-order valence-electron chi connectivity index (χ1n) is 8.04. The molecule has 1 unspecified atom stereocenters. The normalized spacial score (nSPS) is 25.1. The van der Waals surface area contributed by atoms with E-state index in [4.69, 9.17) is 4.74 Å². The fourth-order valence-corrected chi connectivity index (χ4v) is 2.82. The molecule has 19 heavy (non-hydrogen) atoms. The number of ether oxygens (including phenoxy) is 1. The van der Waals surface area contributed by atoms with Gasteiger partial charge in [0.1, 0.15) is 0 Å². The minimum atomic E-state index is 0.0943. The van der Waals surface area contributed by atoms with Crippen LogP contribution in [0.4, 0.5) is 0 Å². The van der Waals surface area contributed by atoms with Crippen molar-refractivity contribution < 1.29 is 4.74 Å². The summed E-state index contributed by atoms with van der Waals surface area (Å²) in [5, 5.41) is 3.51. The standard InChI is InChI=1S/C16H34N2O/c1-15(2)13-17-10-6-5-7-11-18-12-8-9-16(3,14-18)19-4/h15,17H,5-14H2,1-4H3. The van der Waals surface area contributed by atoms with Crippen LogP contribution in [0, 0.1) is 5.92 Å². The van der Waals surface area contributed by atoms with Crippen LogP contribution in [0.1, 0.15) is 52.9 Å². The number of rotatable bonds is 9. The maximum absolute atomic E-state index is 5.64. The molecule has 0 aliphatic carbocycles. The third kappa shape index (κ3) is 7.28. The molecule has 3 heteroatoms. The molecular formula is C16H34N2O. The lowest BCUT2D eigenvalue weighted by Crippen LogP contribution is -2.47. The van der Waals surface area contributed by atoms with Crippen LogP contribution in [0.2, 0.25) is 0 Å². The number of nitrogens with one attached hydrogen (secondary N) is 1. The zero-order valence-corrected chi connectivity index (χ0v) is 13.5. The third-order valence-electron chi connectivity index (χ3n) is 4.11. The monoisotopic (exact) mass is 270 g/mol. The molecule has 3 nitrogen and oxygen atoms in total. The topological polar surface area (TPSA) is 24.5 Å². The van der Waals surface area contributed by atoms with Gasteiger partial charge in [-0.15, -0.1) is 0 Å². The Balaban J connectivity index is 2.00. The third-order valence-corrected chi connectivity index (χ3v) is 4.11.